The number of hydrogen-bond acceptors (Lipinski definition) is 1. The van der Waals surface area contributed by atoms with Crippen molar-refractivity contribution in [2.24, 2.45) is 46.8 Å². The van der Waals surface area contributed by atoms with Gasteiger partial charge in [0.2, 0.25) is 0 Å². The molecule has 0 aromatic rings. The monoisotopic (exact) mass is 162 g/mol. The van der Waals surface area contributed by atoms with E-state index in [1.807, 2.05) is 0 Å². The van der Waals surface area contributed by atoms with Crippen molar-refractivity contribution in [2.45, 2.75) is 6.42 Å². The van der Waals surface area contributed by atoms with Crippen LogP contribution >= 0.6 is 0 Å². The molecule has 0 saturated heterocycles. The van der Waals surface area contributed by atoms with Crippen molar-refractivity contribution in [3.8, 4) is 0 Å². The van der Waals surface area contributed by atoms with Crippen LogP contribution in [0.1, 0.15) is 6.42 Å². The molecule has 12 heavy (non-hydrogen) atoms. The minimum atomic E-state index is -0.445. The molecule has 0 aliphatic heterocycles. The quantitative estimate of drug-likeness (QED) is 0.620. The van der Waals surface area contributed by atoms with Crippen LogP contribution in [0.2, 0.25) is 0 Å². The summed E-state index contributed by atoms with van der Waals surface area (Å²) in [6.07, 6.45) is 1.40. The predicted octanol–water partition coefficient (Wildman–Crippen LogP) is 0.829. The SMILES string of the molecule is O=C(O)C12C3C4C5CC(C43)C1C52. The highest BCUT2D eigenvalue weighted by atomic mass is 16.4. The van der Waals surface area contributed by atoms with Crippen LogP contribution in [0.15, 0.2) is 0 Å². The molecule has 0 heterocycles. The van der Waals surface area contributed by atoms with Crippen LogP contribution in [0, 0.1) is 46.8 Å². The number of rotatable bonds is 1. The molecule has 0 amide bonds. The topological polar surface area (TPSA) is 37.3 Å². The van der Waals surface area contributed by atoms with Crippen molar-refractivity contribution in [1.82, 2.24) is 0 Å². The van der Waals surface area contributed by atoms with Crippen molar-refractivity contribution in [1.29, 1.82) is 0 Å². The van der Waals surface area contributed by atoms with Gasteiger partial charge >= 0.3 is 5.97 Å². The van der Waals surface area contributed by atoms with Gasteiger partial charge in [0, 0.05) is 0 Å². The Kier molecular flexibility index (Phi) is 0.443. The third-order valence-corrected chi connectivity index (χ3v) is 5.89. The van der Waals surface area contributed by atoms with Crippen LogP contribution in [0.25, 0.3) is 0 Å². The Hall–Kier alpha value is -0.530. The molecule has 6 unspecified atom stereocenters. The second kappa shape index (κ2) is 1.01. The molecule has 1 N–H and O–H groups in total. The zero-order valence-corrected chi connectivity index (χ0v) is 6.60. The van der Waals surface area contributed by atoms with Gasteiger partial charge in [-0.3, -0.25) is 4.79 Å². The van der Waals surface area contributed by atoms with Crippen molar-refractivity contribution < 1.29 is 9.90 Å². The molecule has 2 bridgehead atoms. The summed E-state index contributed by atoms with van der Waals surface area (Å²) < 4.78 is 0. The molecular formula is C10H10O2. The van der Waals surface area contributed by atoms with Crippen LogP contribution in [-0.4, -0.2) is 11.1 Å². The second-order valence-electron chi connectivity index (χ2n) is 5.53. The summed E-state index contributed by atoms with van der Waals surface area (Å²) in [5.41, 5.74) is -0.136. The molecule has 6 aliphatic carbocycles. The van der Waals surface area contributed by atoms with Gasteiger partial charge in [-0.15, -0.1) is 0 Å². The lowest BCUT2D eigenvalue weighted by Gasteiger charge is -2.06. The predicted molar refractivity (Wildman–Crippen MR) is 39.1 cm³/mol. The number of hydrogen-bond donors (Lipinski definition) is 1. The minimum Gasteiger partial charge on any atom is -0.481 e. The van der Waals surface area contributed by atoms with E-state index in [-0.39, 0.29) is 5.41 Å². The van der Waals surface area contributed by atoms with Crippen molar-refractivity contribution in [3.05, 3.63) is 0 Å². The summed E-state index contributed by atoms with van der Waals surface area (Å²) in [5.74, 6) is 5.04. The zero-order valence-electron chi connectivity index (χ0n) is 6.60. The van der Waals surface area contributed by atoms with E-state index in [0.29, 0.717) is 17.8 Å². The van der Waals surface area contributed by atoms with Gasteiger partial charge < -0.3 is 5.11 Å². The second-order valence-corrected chi connectivity index (χ2v) is 5.53. The average molecular weight is 162 g/mol. The fraction of sp³-hybridized carbons (Fsp3) is 0.900. The molecule has 6 aliphatic rings. The minimum absolute atomic E-state index is 0.136. The molecule has 0 spiro atoms. The van der Waals surface area contributed by atoms with E-state index >= 15 is 0 Å². The van der Waals surface area contributed by atoms with Crippen LogP contribution in [0.5, 0.6) is 0 Å². The standard InChI is InChI=1S/C10H10O2/c11-9(12)10-6-2-1-3(7(6)10)5-4(2)8(5)10/h2-8H,1H2,(H,11,12). The Morgan fingerprint density at radius 3 is 2.00 bits per heavy atom. The Morgan fingerprint density at radius 1 is 1.17 bits per heavy atom. The van der Waals surface area contributed by atoms with Gasteiger partial charge in [-0.2, -0.15) is 0 Å². The summed E-state index contributed by atoms with van der Waals surface area (Å²) >= 11 is 0. The average Bonchev–Trinajstić information content (AvgIpc) is 2.78. The van der Waals surface area contributed by atoms with Gasteiger partial charge in [-0.25, -0.2) is 0 Å². The Balaban J connectivity index is 1.84. The lowest BCUT2D eigenvalue weighted by atomic mass is 9.99. The maximum atomic E-state index is 11.2. The number of aliphatic carboxylic acids is 1. The molecule has 6 saturated carbocycles. The van der Waals surface area contributed by atoms with Gasteiger partial charge in [0.1, 0.15) is 0 Å². The van der Waals surface area contributed by atoms with E-state index in [2.05, 4.69) is 0 Å². The van der Waals surface area contributed by atoms with E-state index < -0.39 is 5.97 Å². The first kappa shape index (κ1) is 5.25. The highest BCUT2D eigenvalue weighted by Crippen LogP contribution is 2.99. The summed E-state index contributed by atoms with van der Waals surface area (Å²) in [4.78, 5) is 11.2. The first-order valence-corrected chi connectivity index (χ1v) is 5.03. The zero-order chi connectivity index (χ0) is 7.83. The largest absolute Gasteiger partial charge is 0.481 e. The molecule has 0 aromatic heterocycles. The summed E-state index contributed by atoms with van der Waals surface area (Å²) in [6, 6.07) is 0. The molecule has 0 radical (unpaired) electrons. The maximum absolute atomic E-state index is 11.2. The highest BCUT2D eigenvalue weighted by Gasteiger charge is 3.00. The molecule has 6 fully saturated rings. The molecule has 6 atom stereocenters. The third kappa shape index (κ3) is 0.221. The molecular weight excluding hydrogens is 152 g/mol. The van der Waals surface area contributed by atoms with Gasteiger partial charge in [-0.1, -0.05) is 0 Å². The summed E-state index contributed by atoms with van der Waals surface area (Å²) in [5, 5.41) is 9.25. The first-order chi connectivity index (χ1) is 5.79. The summed E-state index contributed by atoms with van der Waals surface area (Å²) in [7, 11) is 0. The Bertz CT molecular complexity index is 320. The maximum Gasteiger partial charge on any atom is 0.310 e. The highest BCUT2D eigenvalue weighted by molar-refractivity contribution is 5.84. The number of carboxylic acid groups (broad SMARTS) is 1. The fourth-order valence-electron chi connectivity index (χ4n) is 6.08. The normalized spacial score (nSPS) is 82.8. The van der Waals surface area contributed by atoms with E-state index in [0.717, 1.165) is 23.7 Å². The van der Waals surface area contributed by atoms with E-state index in [1.165, 1.54) is 6.42 Å². The van der Waals surface area contributed by atoms with E-state index in [9.17, 15) is 9.90 Å². The Labute approximate surface area is 70.0 Å². The van der Waals surface area contributed by atoms with Crippen LogP contribution in [0.4, 0.5) is 0 Å². The van der Waals surface area contributed by atoms with Crippen LogP contribution < -0.4 is 0 Å². The molecule has 62 valence electrons. The molecule has 2 heteroatoms. The van der Waals surface area contributed by atoms with Crippen LogP contribution in [-0.2, 0) is 4.79 Å². The van der Waals surface area contributed by atoms with Crippen LogP contribution in [0.3, 0.4) is 0 Å². The van der Waals surface area contributed by atoms with E-state index in [1.54, 1.807) is 0 Å². The van der Waals surface area contributed by atoms with Gasteiger partial charge in [0.15, 0.2) is 0 Å². The fourth-order valence-corrected chi connectivity index (χ4v) is 6.08. The van der Waals surface area contributed by atoms with Gasteiger partial charge in [-0.05, 0) is 47.8 Å². The lowest BCUT2D eigenvalue weighted by Crippen LogP contribution is -2.19. The smallest absolute Gasteiger partial charge is 0.310 e. The number of carbonyl (C=O) groups is 1. The van der Waals surface area contributed by atoms with E-state index in [4.69, 9.17) is 0 Å². The van der Waals surface area contributed by atoms with Crippen molar-refractivity contribution >= 4 is 5.97 Å². The molecule has 0 aromatic carbocycles. The van der Waals surface area contributed by atoms with Gasteiger partial charge in [0.05, 0.1) is 5.41 Å². The van der Waals surface area contributed by atoms with Gasteiger partial charge in [0.25, 0.3) is 0 Å². The molecule has 6 rings (SSSR count). The Morgan fingerprint density at radius 2 is 1.75 bits per heavy atom. The first-order valence-electron chi connectivity index (χ1n) is 5.03. The van der Waals surface area contributed by atoms with Crippen molar-refractivity contribution in [2.75, 3.05) is 0 Å². The number of carboxylic acids is 1. The summed E-state index contributed by atoms with van der Waals surface area (Å²) in [6.45, 7) is 0. The third-order valence-electron chi connectivity index (χ3n) is 5.89. The molecule has 2 nitrogen and oxygen atoms in total. The lowest BCUT2D eigenvalue weighted by molar-refractivity contribution is -0.144. The van der Waals surface area contributed by atoms with Crippen molar-refractivity contribution in [3.63, 3.8) is 0 Å².